The summed E-state index contributed by atoms with van der Waals surface area (Å²) < 4.78 is 5.90. The van der Waals surface area contributed by atoms with Crippen LogP contribution in [0.1, 0.15) is 30.9 Å². The maximum Gasteiger partial charge on any atom is 0.254 e. The quantitative estimate of drug-likeness (QED) is 0.304. The first kappa shape index (κ1) is 27.6. The van der Waals surface area contributed by atoms with E-state index in [1.54, 1.807) is 6.92 Å². The summed E-state index contributed by atoms with van der Waals surface area (Å²) in [4.78, 5) is 26.4. The molecule has 3 N–H and O–H groups in total. The number of amides is 2. The second-order valence-corrected chi connectivity index (χ2v) is 9.93. The second kappa shape index (κ2) is 12.9. The highest BCUT2D eigenvalue weighted by Gasteiger charge is 2.36. The lowest BCUT2D eigenvalue weighted by Crippen LogP contribution is -2.31. The molecule has 0 unspecified atom stereocenters. The summed E-state index contributed by atoms with van der Waals surface area (Å²) in [6, 6.07) is 26.5. The van der Waals surface area contributed by atoms with Crippen molar-refractivity contribution in [2.75, 3.05) is 23.0 Å². The van der Waals surface area contributed by atoms with Crippen molar-refractivity contribution >= 4 is 35.0 Å². The average Bonchev–Trinajstić information content (AvgIpc) is 2.93. The minimum atomic E-state index is -0.689. The highest BCUT2D eigenvalue weighted by atomic mass is 32.2. The Kier molecular flexibility index (Phi) is 9.08. The van der Waals surface area contributed by atoms with Gasteiger partial charge in [0.15, 0.2) is 0 Å². The van der Waals surface area contributed by atoms with Gasteiger partial charge in [0.2, 0.25) is 5.91 Å². The molecular formula is C31H30N4O3S. The van der Waals surface area contributed by atoms with Gasteiger partial charge >= 0.3 is 0 Å². The first-order valence-electron chi connectivity index (χ1n) is 12.6. The Morgan fingerprint density at radius 2 is 1.62 bits per heavy atom. The van der Waals surface area contributed by atoms with Gasteiger partial charge in [-0.1, -0.05) is 65.9 Å². The Bertz CT molecular complexity index is 1460. The van der Waals surface area contributed by atoms with Gasteiger partial charge in [-0.25, -0.2) is 0 Å². The molecule has 0 aliphatic carbocycles. The van der Waals surface area contributed by atoms with Crippen molar-refractivity contribution in [1.82, 2.24) is 5.32 Å². The number of ether oxygens (including phenoxy) is 1. The molecule has 0 bridgehead atoms. The number of carbonyl (C=O) groups excluding carboxylic acids is 2. The maximum atomic E-state index is 13.6. The van der Waals surface area contributed by atoms with E-state index in [9.17, 15) is 14.9 Å². The van der Waals surface area contributed by atoms with Crippen LogP contribution in [0.15, 0.2) is 101 Å². The number of nitrogens with one attached hydrogen (secondary N) is 3. The van der Waals surface area contributed by atoms with Gasteiger partial charge in [0, 0.05) is 28.2 Å². The zero-order valence-electron chi connectivity index (χ0n) is 22.1. The van der Waals surface area contributed by atoms with Crippen LogP contribution >= 0.6 is 11.8 Å². The van der Waals surface area contributed by atoms with E-state index in [4.69, 9.17) is 4.74 Å². The predicted octanol–water partition coefficient (Wildman–Crippen LogP) is 6.10. The Labute approximate surface area is 233 Å². The van der Waals surface area contributed by atoms with Crippen LogP contribution in [-0.2, 0) is 9.59 Å². The molecule has 0 fully saturated rings. The maximum absolute atomic E-state index is 13.6. The standard InChI is InChI=1S/C31H30N4O3S/c1-4-38-26-13-9-8-12-24(26)29-25(18-32)31(39-19-27(36)34-23-16-14-20(2)15-17-23)33-21(3)28(29)30(37)35-22-10-6-5-7-11-22/h5-17,29,33H,4,19H2,1-3H3,(H,34,36)(H,35,37)/t29-/m1/s1. The fourth-order valence-electron chi connectivity index (χ4n) is 4.34. The lowest BCUT2D eigenvalue weighted by molar-refractivity contribution is -0.114. The van der Waals surface area contributed by atoms with Crippen LogP contribution < -0.4 is 20.7 Å². The van der Waals surface area contributed by atoms with Crippen LogP contribution in [0.4, 0.5) is 11.4 Å². The molecule has 3 aromatic rings. The number of anilines is 2. The van der Waals surface area contributed by atoms with Crippen LogP contribution in [0.3, 0.4) is 0 Å². The second-order valence-electron chi connectivity index (χ2n) is 8.95. The van der Waals surface area contributed by atoms with Gasteiger partial charge in [0.25, 0.3) is 5.91 Å². The number of para-hydroxylation sites is 2. The number of thioether (sulfide) groups is 1. The molecule has 1 aliphatic rings. The van der Waals surface area contributed by atoms with Gasteiger partial charge < -0.3 is 20.7 Å². The lowest BCUT2D eigenvalue weighted by atomic mass is 9.81. The first-order valence-corrected chi connectivity index (χ1v) is 13.6. The largest absolute Gasteiger partial charge is 0.494 e. The van der Waals surface area contributed by atoms with Gasteiger partial charge in [-0.2, -0.15) is 5.26 Å². The van der Waals surface area contributed by atoms with Gasteiger partial charge in [-0.3, -0.25) is 9.59 Å². The molecule has 7 nitrogen and oxygen atoms in total. The fourth-order valence-corrected chi connectivity index (χ4v) is 5.23. The van der Waals surface area contributed by atoms with Crippen molar-refractivity contribution in [2.45, 2.75) is 26.7 Å². The van der Waals surface area contributed by atoms with Gasteiger partial charge in [-0.05, 0) is 51.1 Å². The molecule has 3 aromatic carbocycles. The minimum absolute atomic E-state index is 0.0834. The van der Waals surface area contributed by atoms with E-state index in [-0.39, 0.29) is 17.6 Å². The lowest BCUT2D eigenvalue weighted by Gasteiger charge is -2.30. The van der Waals surface area contributed by atoms with Crippen LogP contribution in [0.2, 0.25) is 0 Å². The molecule has 1 atom stereocenters. The molecule has 1 aliphatic heterocycles. The Morgan fingerprint density at radius 3 is 2.31 bits per heavy atom. The average molecular weight is 539 g/mol. The zero-order chi connectivity index (χ0) is 27.8. The van der Waals surface area contributed by atoms with E-state index in [1.807, 2.05) is 92.7 Å². The van der Waals surface area contributed by atoms with E-state index in [1.165, 1.54) is 11.8 Å². The molecule has 0 spiro atoms. The molecule has 0 aromatic heterocycles. The van der Waals surface area contributed by atoms with Gasteiger partial charge in [0.05, 0.1) is 34.9 Å². The van der Waals surface area contributed by atoms with Crippen LogP contribution in [-0.4, -0.2) is 24.2 Å². The minimum Gasteiger partial charge on any atom is -0.494 e. The van der Waals surface area contributed by atoms with E-state index in [2.05, 4.69) is 22.0 Å². The highest BCUT2D eigenvalue weighted by Crippen LogP contribution is 2.44. The number of allylic oxidation sites excluding steroid dienone is 2. The van der Waals surface area contributed by atoms with Gasteiger partial charge in [0.1, 0.15) is 5.75 Å². The third-order valence-corrected chi connectivity index (χ3v) is 7.15. The number of benzene rings is 3. The van der Waals surface area contributed by atoms with Crippen LogP contribution in [0.25, 0.3) is 0 Å². The molecule has 0 saturated heterocycles. The number of hydrogen-bond acceptors (Lipinski definition) is 6. The summed E-state index contributed by atoms with van der Waals surface area (Å²) in [5, 5.41) is 20.0. The van der Waals surface area contributed by atoms with Crippen molar-refractivity contribution in [3.63, 3.8) is 0 Å². The number of rotatable bonds is 9. The predicted molar refractivity (Wildman–Crippen MR) is 156 cm³/mol. The summed E-state index contributed by atoms with van der Waals surface area (Å²) in [7, 11) is 0. The SMILES string of the molecule is CCOc1ccccc1[C@@H]1C(C#N)=C(SCC(=O)Nc2ccc(C)cc2)NC(C)=C1C(=O)Nc1ccccc1. The topological polar surface area (TPSA) is 103 Å². The summed E-state index contributed by atoms with van der Waals surface area (Å²) >= 11 is 1.23. The molecule has 198 valence electrons. The smallest absolute Gasteiger partial charge is 0.254 e. The Morgan fingerprint density at radius 1 is 0.949 bits per heavy atom. The first-order chi connectivity index (χ1) is 18.9. The van der Waals surface area contributed by atoms with Crippen molar-refractivity contribution in [3.8, 4) is 11.8 Å². The highest BCUT2D eigenvalue weighted by molar-refractivity contribution is 8.03. The molecule has 2 amide bonds. The van der Waals surface area contributed by atoms with Gasteiger partial charge in [-0.15, -0.1) is 0 Å². The molecule has 8 heteroatoms. The van der Waals surface area contributed by atoms with E-state index in [0.29, 0.717) is 51.2 Å². The van der Waals surface area contributed by atoms with E-state index >= 15 is 0 Å². The normalized spacial score (nSPS) is 14.8. The van der Waals surface area contributed by atoms with E-state index < -0.39 is 5.92 Å². The zero-order valence-corrected chi connectivity index (χ0v) is 22.9. The number of hydrogen-bond donors (Lipinski definition) is 3. The van der Waals surface area contributed by atoms with Crippen molar-refractivity contribution < 1.29 is 14.3 Å². The summed E-state index contributed by atoms with van der Waals surface area (Å²) in [5.74, 6) is -0.531. The van der Waals surface area contributed by atoms with Crippen molar-refractivity contribution in [3.05, 3.63) is 112 Å². The molecular weight excluding hydrogens is 508 g/mol. The Balaban J connectivity index is 1.67. The fraction of sp³-hybridized carbons (Fsp3) is 0.194. The van der Waals surface area contributed by atoms with E-state index in [0.717, 1.165) is 5.56 Å². The number of nitrogens with zero attached hydrogens (tertiary/aromatic N) is 1. The molecule has 4 rings (SSSR count). The number of carbonyl (C=O) groups is 2. The number of dihydropyridines is 1. The van der Waals surface area contributed by atoms with Crippen LogP contribution in [0, 0.1) is 18.3 Å². The summed E-state index contributed by atoms with van der Waals surface area (Å²) in [6.45, 7) is 6.11. The Hall–Kier alpha value is -4.48. The number of nitriles is 1. The summed E-state index contributed by atoms with van der Waals surface area (Å²) in [5.41, 5.74) is 4.52. The molecule has 0 radical (unpaired) electrons. The van der Waals surface area contributed by atoms with Crippen LogP contribution in [0.5, 0.6) is 5.75 Å². The third-order valence-electron chi connectivity index (χ3n) is 6.14. The third kappa shape index (κ3) is 6.70. The number of aryl methyl sites for hydroxylation is 1. The molecule has 0 saturated carbocycles. The monoisotopic (exact) mass is 538 g/mol. The van der Waals surface area contributed by atoms with Crippen molar-refractivity contribution in [1.29, 1.82) is 5.26 Å². The van der Waals surface area contributed by atoms with Crippen molar-refractivity contribution in [2.24, 2.45) is 0 Å². The molecule has 1 heterocycles. The summed E-state index contributed by atoms with van der Waals surface area (Å²) in [6.07, 6.45) is 0. The molecule has 39 heavy (non-hydrogen) atoms.